The summed E-state index contributed by atoms with van der Waals surface area (Å²) in [6, 6.07) is 7.31. The summed E-state index contributed by atoms with van der Waals surface area (Å²) < 4.78 is 5.77. The predicted octanol–water partition coefficient (Wildman–Crippen LogP) is 7.23. The van der Waals surface area contributed by atoms with Gasteiger partial charge in [0.2, 0.25) is 0 Å². The fourth-order valence-corrected chi connectivity index (χ4v) is 8.94. The summed E-state index contributed by atoms with van der Waals surface area (Å²) in [5, 5.41) is 4.30. The van der Waals surface area contributed by atoms with Crippen LogP contribution in [0.25, 0.3) is 0 Å². The number of hydrogen-bond donors (Lipinski definition) is 0. The molecule has 0 amide bonds. The smallest absolute Gasteiger partial charge is 0.365 e. The van der Waals surface area contributed by atoms with Gasteiger partial charge in [0, 0.05) is 43.4 Å². The molecule has 0 bridgehead atoms. The molecule has 3 fully saturated rings. The molecule has 3 saturated carbocycles. The van der Waals surface area contributed by atoms with Crippen LogP contribution in [-0.2, 0) is 14.4 Å². The molecule has 0 N–H and O–H groups in total. The lowest BCUT2D eigenvalue weighted by molar-refractivity contribution is -0.152. The molecule has 218 valence electrons. The van der Waals surface area contributed by atoms with Crippen LogP contribution in [0, 0.1) is 35.0 Å². The van der Waals surface area contributed by atoms with Crippen molar-refractivity contribution in [3.05, 3.63) is 41.5 Å². The number of fused-ring (bicyclic) bond motifs is 5. The van der Waals surface area contributed by atoms with E-state index in [1.54, 1.807) is 12.1 Å². The zero-order chi connectivity index (χ0) is 28.4. The number of hydrogen-bond acceptors (Lipinski definition) is 6. The third-order valence-electron chi connectivity index (χ3n) is 10.3. The normalized spacial score (nSPS) is 33.8. The molecular formula is C32H42Cl2N2O4. The molecule has 6 nitrogen and oxygen atoms in total. The van der Waals surface area contributed by atoms with E-state index >= 15 is 0 Å². The molecule has 0 radical (unpaired) electrons. The van der Waals surface area contributed by atoms with Gasteiger partial charge in [-0.15, -0.1) is 23.2 Å². The van der Waals surface area contributed by atoms with Crippen LogP contribution in [0.2, 0.25) is 0 Å². The molecule has 0 saturated heterocycles. The highest BCUT2D eigenvalue weighted by molar-refractivity contribution is 6.18. The van der Waals surface area contributed by atoms with Crippen LogP contribution in [0.4, 0.5) is 5.69 Å². The first-order valence-corrected chi connectivity index (χ1v) is 16.0. The van der Waals surface area contributed by atoms with Crippen molar-refractivity contribution < 1.29 is 19.2 Å². The Labute approximate surface area is 248 Å². The maximum absolute atomic E-state index is 12.8. The van der Waals surface area contributed by atoms with Crippen molar-refractivity contribution in [3.63, 3.8) is 0 Å². The molecule has 4 aliphatic rings. The summed E-state index contributed by atoms with van der Waals surface area (Å²) in [4.78, 5) is 32.0. The third kappa shape index (κ3) is 5.81. The second kappa shape index (κ2) is 12.4. The lowest BCUT2D eigenvalue weighted by Gasteiger charge is -2.56. The highest BCUT2D eigenvalue weighted by atomic mass is 35.5. The van der Waals surface area contributed by atoms with Crippen LogP contribution < -0.4 is 4.90 Å². The molecule has 0 aliphatic heterocycles. The Balaban J connectivity index is 1.24. The van der Waals surface area contributed by atoms with E-state index < -0.39 is 5.97 Å². The van der Waals surface area contributed by atoms with Gasteiger partial charge in [0.1, 0.15) is 6.10 Å². The SMILES string of the molecule is CC(=O)OC1CCC2C3CCC4=C/C(=N/OC(=O)c5ccc(N(CCCl)CCCl)cc5)CCC4(C)C3CC(C)C12. The molecule has 0 heterocycles. The number of anilines is 1. The van der Waals surface area contributed by atoms with E-state index in [0.29, 0.717) is 60.0 Å². The molecule has 4 aliphatic carbocycles. The minimum atomic E-state index is -0.452. The Hall–Kier alpha value is -2.05. The van der Waals surface area contributed by atoms with Crippen molar-refractivity contribution in [1.29, 1.82) is 0 Å². The van der Waals surface area contributed by atoms with Gasteiger partial charge in [-0.25, -0.2) is 4.79 Å². The van der Waals surface area contributed by atoms with Crippen molar-refractivity contribution in [3.8, 4) is 0 Å². The van der Waals surface area contributed by atoms with Gasteiger partial charge in [0.25, 0.3) is 0 Å². The lowest BCUT2D eigenvalue weighted by atomic mass is 9.48. The Morgan fingerprint density at radius 1 is 1.05 bits per heavy atom. The van der Waals surface area contributed by atoms with Crippen molar-refractivity contribution in [1.82, 2.24) is 0 Å². The van der Waals surface area contributed by atoms with Gasteiger partial charge in [-0.2, -0.15) is 0 Å². The number of allylic oxidation sites excluding steroid dienone is 2. The lowest BCUT2D eigenvalue weighted by Crippen LogP contribution is -2.50. The van der Waals surface area contributed by atoms with Crippen LogP contribution in [0.1, 0.15) is 76.1 Å². The first-order chi connectivity index (χ1) is 19.2. The molecule has 0 spiro atoms. The van der Waals surface area contributed by atoms with E-state index in [-0.39, 0.29) is 17.5 Å². The maximum atomic E-state index is 12.8. The number of carbonyl (C=O) groups is 2. The van der Waals surface area contributed by atoms with Gasteiger partial charge in [-0.3, -0.25) is 4.79 Å². The summed E-state index contributed by atoms with van der Waals surface area (Å²) in [5.74, 6) is 3.43. The van der Waals surface area contributed by atoms with Crippen molar-refractivity contribution in [2.75, 3.05) is 29.7 Å². The zero-order valence-electron chi connectivity index (χ0n) is 23.9. The second-order valence-electron chi connectivity index (χ2n) is 12.4. The second-order valence-corrected chi connectivity index (χ2v) is 13.2. The van der Waals surface area contributed by atoms with E-state index in [4.69, 9.17) is 32.8 Å². The summed E-state index contributed by atoms with van der Waals surface area (Å²) in [6.07, 6.45) is 9.73. The fraction of sp³-hybridized carbons (Fsp3) is 0.656. The van der Waals surface area contributed by atoms with Gasteiger partial charge < -0.3 is 14.5 Å². The third-order valence-corrected chi connectivity index (χ3v) is 10.7. The van der Waals surface area contributed by atoms with Crippen molar-refractivity contribution >= 4 is 46.5 Å². The number of ether oxygens (including phenoxy) is 1. The first kappa shape index (κ1) is 29.4. The van der Waals surface area contributed by atoms with Crippen LogP contribution in [0.3, 0.4) is 0 Å². The number of esters is 1. The molecule has 5 rings (SSSR count). The molecule has 1 aromatic rings. The quantitative estimate of drug-likeness (QED) is 0.139. The fourth-order valence-electron chi connectivity index (χ4n) is 8.53. The first-order valence-electron chi connectivity index (χ1n) is 14.9. The largest absolute Gasteiger partial charge is 0.462 e. The average molecular weight is 590 g/mol. The molecule has 7 unspecified atom stereocenters. The summed E-state index contributed by atoms with van der Waals surface area (Å²) in [6.45, 7) is 7.74. The molecule has 1 aromatic carbocycles. The number of carbonyl (C=O) groups excluding carboxylic acids is 2. The molecular weight excluding hydrogens is 547 g/mol. The standard InChI is InChI=1S/C32H42Cl2N2O4/c1-20-18-28-26(27-10-11-29(30(20)27)39-21(2)37)9-6-23-19-24(12-13-32(23,28)3)35-40-31(38)22-4-7-25(8-5-22)36(16-14-33)17-15-34/h4-5,7-8,19-20,26-30H,6,9-18H2,1-3H3/b35-24+. The van der Waals surface area contributed by atoms with Crippen molar-refractivity contribution in [2.24, 2.45) is 40.2 Å². The summed E-state index contributed by atoms with van der Waals surface area (Å²) in [5.41, 5.74) is 3.90. The molecule has 0 aromatic heterocycles. The van der Waals surface area contributed by atoms with E-state index in [1.807, 2.05) is 12.1 Å². The van der Waals surface area contributed by atoms with E-state index in [1.165, 1.54) is 31.8 Å². The number of alkyl halides is 2. The van der Waals surface area contributed by atoms with E-state index in [0.717, 1.165) is 37.1 Å². The Morgan fingerprint density at radius 3 is 2.45 bits per heavy atom. The maximum Gasteiger partial charge on any atom is 0.365 e. The van der Waals surface area contributed by atoms with Crippen LogP contribution in [0.5, 0.6) is 0 Å². The Bertz CT molecular complexity index is 1150. The highest BCUT2D eigenvalue weighted by Gasteiger charge is 2.57. The predicted molar refractivity (Wildman–Crippen MR) is 160 cm³/mol. The van der Waals surface area contributed by atoms with Gasteiger partial charge >= 0.3 is 11.9 Å². The zero-order valence-corrected chi connectivity index (χ0v) is 25.4. The van der Waals surface area contributed by atoms with Crippen LogP contribution in [0.15, 0.2) is 41.1 Å². The van der Waals surface area contributed by atoms with Crippen LogP contribution >= 0.6 is 23.2 Å². The number of nitrogens with zero attached hydrogens (tertiary/aromatic N) is 2. The van der Waals surface area contributed by atoms with Crippen molar-refractivity contribution in [2.45, 2.75) is 71.8 Å². The van der Waals surface area contributed by atoms with E-state index in [9.17, 15) is 9.59 Å². The monoisotopic (exact) mass is 588 g/mol. The van der Waals surface area contributed by atoms with Gasteiger partial charge in [-0.05, 0) is 104 Å². The summed E-state index contributed by atoms with van der Waals surface area (Å²) >= 11 is 11.8. The molecule has 7 atom stereocenters. The van der Waals surface area contributed by atoms with Gasteiger partial charge in [-0.1, -0.05) is 24.6 Å². The number of oxime groups is 1. The average Bonchev–Trinajstić information content (AvgIpc) is 3.36. The summed E-state index contributed by atoms with van der Waals surface area (Å²) in [7, 11) is 0. The minimum Gasteiger partial charge on any atom is -0.462 e. The number of benzene rings is 1. The Kier molecular flexibility index (Phi) is 9.16. The highest BCUT2D eigenvalue weighted by Crippen LogP contribution is 2.63. The molecule has 40 heavy (non-hydrogen) atoms. The molecule has 8 heteroatoms. The minimum absolute atomic E-state index is 0.0920. The van der Waals surface area contributed by atoms with Crippen LogP contribution in [-0.4, -0.2) is 48.6 Å². The van der Waals surface area contributed by atoms with Gasteiger partial charge in [0.05, 0.1) is 11.3 Å². The number of halogens is 2. The number of rotatable bonds is 8. The Morgan fingerprint density at radius 2 is 1.77 bits per heavy atom. The van der Waals surface area contributed by atoms with Gasteiger partial charge in [0.15, 0.2) is 0 Å². The topological polar surface area (TPSA) is 68.2 Å². The van der Waals surface area contributed by atoms with E-state index in [2.05, 4.69) is 30.0 Å².